The zero-order chi connectivity index (χ0) is 9.52. The maximum atomic E-state index is 8.54. The average Bonchev–Trinajstić information content (AvgIpc) is 2.19. The second kappa shape index (κ2) is 5.36. The minimum Gasteiger partial charge on any atom is -0.395 e. The van der Waals surface area contributed by atoms with Gasteiger partial charge in [-0.1, -0.05) is 30.0 Å². The van der Waals surface area contributed by atoms with E-state index < -0.39 is 0 Å². The Bertz CT molecular complexity index is 322. The highest BCUT2D eigenvalue weighted by atomic mass is 16.2. The molecule has 0 spiro atoms. The van der Waals surface area contributed by atoms with Crippen LogP contribution in [-0.4, -0.2) is 11.7 Å². The van der Waals surface area contributed by atoms with E-state index in [1.807, 2.05) is 24.3 Å². The minimum atomic E-state index is 0.109. The van der Waals surface area contributed by atoms with E-state index in [0.29, 0.717) is 13.0 Å². The van der Waals surface area contributed by atoms with Gasteiger partial charge in [0.15, 0.2) is 0 Å². The van der Waals surface area contributed by atoms with Crippen molar-refractivity contribution in [3.05, 3.63) is 35.4 Å². The normalized spacial score (nSPS) is 9.08. The van der Waals surface area contributed by atoms with Crippen LogP contribution in [0.3, 0.4) is 0 Å². The Morgan fingerprint density at radius 1 is 1.31 bits per heavy atom. The van der Waals surface area contributed by atoms with Gasteiger partial charge in [0.2, 0.25) is 0 Å². The van der Waals surface area contributed by atoms with E-state index in [9.17, 15) is 0 Å². The Labute approximate surface area is 78.4 Å². The van der Waals surface area contributed by atoms with Crippen molar-refractivity contribution in [2.45, 2.75) is 13.0 Å². The highest BCUT2D eigenvalue weighted by Gasteiger charge is 1.93. The average molecular weight is 175 g/mol. The quantitative estimate of drug-likeness (QED) is 0.655. The maximum Gasteiger partial charge on any atom is 0.0540 e. The Balaban J connectivity index is 2.82. The highest BCUT2D eigenvalue weighted by Crippen LogP contribution is 2.05. The molecule has 1 aromatic rings. The first-order valence-corrected chi connectivity index (χ1v) is 4.26. The van der Waals surface area contributed by atoms with Gasteiger partial charge in [0.05, 0.1) is 6.61 Å². The topological polar surface area (TPSA) is 46.2 Å². The van der Waals surface area contributed by atoms with Crippen molar-refractivity contribution in [1.82, 2.24) is 0 Å². The van der Waals surface area contributed by atoms with Crippen LogP contribution >= 0.6 is 0 Å². The van der Waals surface area contributed by atoms with Gasteiger partial charge in [0.25, 0.3) is 0 Å². The standard InChI is InChI=1S/C11H13NO/c12-9-11-7-2-1-5-10(11)6-3-4-8-13/h1-2,5,7,13H,4,8-9,12H2. The number of aliphatic hydroxyl groups is 1. The lowest BCUT2D eigenvalue weighted by atomic mass is 10.1. The summed E-state index contributed by atoms with van der Waals surface area (Å²) in [4.78, 5) is 0. The van der Waals surface area contributed by atoms with Crippen LogP contribution in [0.25, 0.3) is 0 Å². The molecule has 68 valence electrons. The molecular formula is C11H13NO. The fraction of sp³-hybridized carbons (Fsp3) is 0.273. The van der Waals surface area contributed by atoms with E-state index in [4.69, 9.17) is 10.8 Å². The molecule has 0 saturated carbocycles. The third-order valence-electron chi connectivity index (χ3n) is 1.70. The van der Waals surface area contributed by atoms with Crippen LogP contribution in [-0.2, 0) is 6.54 Å². The molecule has 0 atom stereocenters. The monoisotopic (exact) mass is 175 g/mol. The molecule has 0 heterocycles. The van der Waals surface area contributed by atoms with E-state index in [1.165, 1.54) is 0 Å². The lowest BCUT2D eigenvalue weighted by Gasteiger charge is -1.98. The van der Waals surface area contributed by atoms with Crippen LogP contribution in [0, 0.1) is 11.8 Å². The summed E-state index contributed by atoms with van der Waals surface area (Å²) < 4.78 is 0. The summed E-state index contributed by atoms with van der Waals surface area (Å²) in [7, 11) is 0. The van der Waals surface area contributed by atoms with Gasteiger partial charge in [-0.2, -0.15) is 0 Å². The molecule has 2 heteroatoms. The summed E-state index contributed by atoms with van der Waals surface area (Å²) in [6, 6.07) is 7.77. The van der Waals surface area contributed by atoms with Gasteiger partial charge >= 0.3 is 0 Å². The summed E-state index contributed by atoms with van der Waals surface area (Å²) >= 11 is 0. The van der Waals surface area contributed by atoms with Crippen LogP contribution in [0.2, 0.25) is 0 Å². The second-order valence-corrected chi connectivity index (χ2v) is 2.64. The second-order valence-electron chi connectivity index (χ2n) is 2.64. The predicted molar refractivity (Wildman–Crippen MR) is 52.9 cm³/mol. The highest BCUT2D eigenvalue weighted by molar-refractivity contribution is 5.41. The summed E-state index contributed by atoms with van der Waals surface area (Å²) in [5.41, 5.74) is 7.54. The van der Waals surface area contributed by atoms with Crippen molar-refractivity contribution in [1.29, 1.82) is 0 Å². The van der Waals surface area contributed by atoms with Crippen molar-refractivity contribution in [2.75, 3.05) is 6.61 Å². The molecule has 0 aliphatic heterocycles. The molecule has 1 rings (SSSR count). The third kappa shape index (κ3) is 2.90. The first kappa shape index (κ1) is 9.79. The van der Waals surface area contributed by atoms with E-state index in [0.717, 1.165) is 11.1 Å². The van der Waals surface area contributed by atoms with Crippen molar-refractivity contribution >= 4 is 0 Å². The molecule has 3 N–H and O–H groups in total. The summed E-state index contributed by atoms with van der Waals surface area (Å²) in [6.45, 7) is 0.613. The molecule has 0 aromatic heterocycles. The number of aliphatic hydroxyl groups excluding tert-OH is 1. The van der Waals surface area contributed by atoms with Crippen LogP contribution in [0.1, 0.15) is 17.5 Å². The van der Waals surface area contributed by atoms with E-state index in [2.05, 4.69) is 11.8 Å². The zero-order valence-corrected chi connectivity index (χ0v) is 7.46. The number of rotatable bonds is 2. The molecule has 0 aliphatic rings. The fourth-order valence-electron chi connectivity index (χ4n) is 1.03. The first-order chi connectivity index (χ1) is 6.38. The predicted octanol–water partition coefficient (Wildman–Crippen LogP) is 0.879. The van der Waals surface area contributed by atoms with E-state index >= 15 is 0 Å². The van der Waals surface area contributed by atoms with Gasteiger partial charge in [0.1, 0.15) is 0 Å². The molecule has 0 saturated heterocycles. The van der Waals surface area contributed by atoms with Gasteiger partial charge in [-0.3, -0.25) is 0 Å². The molecule has 0 amide bonds. The zero-order valence-electron chi connectivity index (χ0n) is 7.46. The largest absolute Gasteiger partial charge is 0.395 e. The van der Waals surface area contributed by atoms with Gasteiger partial charge in [-0.25, -0.2) is 0 Å². The van der Waals surface area contributed by atoms with Crippen LogP contribution in [0.15, 0.2) is 24.3 Å². The van der Waals surface area contributed by atoms with E-state index in [1.54, 1.807) is 0 Å². The number of benzene rings is 1. The van der Waals surface area contributed by atoms with Crippen molar-refractivity contribution in [3.63, 3.8) is 0 Å². The number of hydrogen-bond donors (Lipinski definition) is 2. The lowest BCUT2D eigenvalue weighted by Crippen LogP contribution is -1.98. The number of hydrogen-bond acceptors (Lipinski definition) is 2. The Hall–Kier alpha value is -1.30. The van der Waals surface area contributed by atoms with Gasteiger partial charge in [-0.05, 0) is 11.6 Å². The van der Waals surface area contributed by atoms with Crippen LogP contribution < -0.4 is 5.73 Å². The molecule has 1 aromatic carbocycles. The van der Waals surface area contributed by atoms with Crippen molar-refractivity contribution in [2.24, 2.45) is 5.73 Å². The number of nitrogens with two attached hydrogens (primary N) is 1. The van der Waals surface area contributed by atoms with Crippen LogP contribution in [0.4, 0.5) is 0 Å². The van der Waals surface area contributed by atoms with Crippen LogP contribution in [0.5, 0.6) is 0 Å². The molecule has 2 nitrogen and oxygen atoms in total. The molecular weight excluding hydrogens is 162 g/mol. The van der Waals surface area contributed by atoms with Crippen molar-refractivity contribution in [3.8, 4) is 11.8 Å². The molecule has 0 bridgehead atoms. The molecule has 13 heavy (non-hydrogen) atoms. The third-order valence-corrected chi connectivity index (χ3v) is 1.70. The van der Waals surface area contributed by atoms with Crippen molar-refractivity contribution < 1.29 is 5.11 Å². The summed E-state index contributed by atoms with van der Waals surface area (Å²) in [5.74, 6) is 5.85. The molecule has 0 radical (unpaired) electrons. The lowest BCUT2D eigenvalue weighted by molar-refractivity contribution is 0.305. The molecule has 0 unspecified atom stereocenters. The summed E-state index contributed by atoms with van der Waals surface area (Å²) in [6.07, 6.45) is 0.513. The Morgan fingerprint density at radius 2 is 2.08 bits per heavy atom. The SMILES string of the molecule is NCc1ccccc1C#CCCO. The van der Waals surface area contributed by atoms with Gasteiger partial charge in [0, 0.05) is 18.5 Å². The first-order valence-electron chi connectivity index (χ1n) is 4.26. The van der Waals surface area contributed by atoms with Gasteiger partial charge < -0.3 is 10.8 Å². The fourth-order valence-corrected chi connectivity index (χ4v) is 1.03. The summed E-state index contributed by atoms with van der Waals surface area (Å²) in [5, 5.41) is 8.54. The Morgan fingerprint density at radius 3 is 2.77 bits per heavy atom. The molecule has 0 fully saturated rings. The van der Waals surface area contributed by atoms with E-state index in [-0.39, 0.29) is 6.61 Å². The van der Waals surface area contributed by atoms with Gasteiger partial charge in [-0.15, -0.1) is 0 Å². The molecule has 0 aliphatic carbocycles. The minimum absolute atomic E-state index is 0.109. The Kier molecular flexibility index (Phi) is 4.04. The smallest absolute Gasteiger partial charge is 0.0540 e. The maximum absolute atomic E-state index is 8.54.